The highest BCUT2D eigenvalue weighted by molar-refractivity contribution is 7.07. The first-order valence-corrected chi connectivity index (χ1v) is 11.7. The Morgan fingerprint density at radius 1 is 1.23 bits per heavy atom. The van der Waals surface area contributed by atoms with Crippen molar-refractivity contribution in [3.05, 3.63) is 69.8 Å². The number of rotatable bonds is 5. The molecule has 1 amide bonds. The normalized spacial score (nSPS) is 15.1. The summed E-state index contributed by atoms with van der Waals surface area (Å²) in [5.41, 5.74) is 4.52. The predicted molar refractivity (Wildman–Crippen MR) is 121 cm³/mol. The lowest BCUT2D eigenvalue weighted by molar-refractivity contribution is 0.0708. The monoisotopic (exact) mass is 434 g/mol. The third-order valence-corrected chi connectivity index (χ3v) is 6.93. The molecule has 0 aromatic carbocycles. The Morgan fingerprint density at radius 2 is 2.06 bits per heavy atom. The Kier molecular flexibility index (Phi) is 5.31. The fraction of sp³-hybridized carbons (Fsp3) is 0.391. The standard InChI is InChI=1S/C23H26N6OS/c1-16-13-21-25-14-20(17(2)29(21)26-16)23(30)28-9-4-19(5-10-28)22-24-7-11-27(22)8-3-18-6-12-31-15-18/h6-7,11-15,19H,3-5,8-10H2,1-2H3. The minimum Gasteiger partial charge on any atom is -0.338 e. The Morgan fingerprint density at radius 3 is 2.84 bits per heavy atom. The molecule has 7 nitrogen and oxygen atoms in total. The van der Waals surface area contributed by atoms with E-state index >= 15 is 0 Å². The molecule has 1 aliphatic rings. The van der Waals surface area contributed by atoms with Crippen LogP contribution >= 0.6 is 11.3 Å². The summed E-state index contributed by atoms with van der Waals surface area (Å²) in [6, 6.07) is 4.11. The van der Waals surface area contributed by atoms with Crippen LogP contribution < -0.4 is 0 Å². The van der Waals surface area contributed by atoms with Crippen molar-refractivity contribution >= 4 is 22.9 Å². The second-order valence-corrected chi connectivity index (χ2v) is 9.02. The van der Waals surface area contributed by atoms with Gasteiger partial charge in [0.25, 0.3) is 5.91 Å². The molecule has 31 heavy (non-hydrogen) atoms. The first-order valence-electron chi connectivity index (χ1n) is 10.7. The van der Waals surface area contributed by atoms with E-state index in [1.54, 1.807) is 22.0 Å². The van der Waals surface area contributed by atoms with Crippen LogP contribution in [0.3, 0.4) is 0 Å². The van der Waals surface area contributed by atoms with Gasteiger partial charge in [-0.3, -0.25) is 4.79 Å². The molecule has 1 aliphatic heterocycles. The summed E-state index contributed by atoms with van der Waals surface area (Å²) in [5, 5.41) is 8.80. The van der Waals surface area contributed by atoms with Gasteiger partial charge in [-0.05, 0) is 55.5 Å². The number of piperidine rings is 1. The molecular weight excluding hydrogens is 408 g/mol. The van der Waals surface area contributed by atoms with E-state index in [1.165, 1.54) is 5.56 Å². The van der Waals surface area contributed by atoms with Gasteiger partial charge in [-0.2, -0.15) is 16.4 Å². The lowest BCUT2D eigenvalue weighted by Crippen LogP contribution is -2.39. The number of imidazole rings is 1. The second kappa shape index (κ2) is 8.26. The maximum absolute atomic E-state index is 13.2. The summed E-state index contributed by atoms with van der Waals surface area (Å²) >= 11 is 1.74. The predicted octanol–water partition coefficient (Wildman–Crippen LogP) is 3.87. The van der Waals surface area contributed by atoms with Crippen LogP contribution in [0.5, 0.6) is 0 Å². The number of hydrogen-bond acceptors (Lipinski definition) is 5. The number of aromatic nitrogens is 5. The van der Waals surface area contributed by atoms with Crippen molar-refractivity contribution in [3.63, 3.8) is 0 Å². The van der Waals surface area contributed by atoms with Crippen LogP contribution in [0.1, 0.15) is 51.9 Å². The molecule has 5 rings (SSSR count). The van der Waals surface area contributed by atoms with Crippen molar-refractivity contribution in [2.45, 2.75) is 45.6 Å². The van der Waals surface area contributed by atoms with E-state index in [-0.39, 0.29) is 5.91 Å². The van der Waals surface area contributed by atoms with Gasteiger partial charge in [0.05, 0.1) is 17.0 Å². The Bertz CT molecular complexity index is 1200. The number of likely N-dealkylation sites (tertiary alicyclic amines) is 1. The van der Waals surface area contributed by atoms with Gasteiger partial charge >= 0.3 is 0 Å². The minimum absolute atomic E-state index is 0.0410. The first-order chi connectivity index (χ1) is 15.1. The van der Waals surface area contributed by atoms with Gasteiger partial charge in [0.2, 0.25) is 0 Å². The van der Waals surface area contributed by atoms with Gasteiger partial charge < -0.3 is 9.47 Å². The Labute approximate surface area is 185 Å². The van der Waals surface area contributed by atoms with Gasteiger partial charge in [0.15, 0.2) is 5.65 Å². The minimum atomic E-state index is 0.0410. The van der Waals surface area contributed by atoms with E-state index in [0.717, 1.165) is 61.8 Å². The van der Waals surface area contributed by atoms with Crippen molar-refractivity contribution in [1.82, 2.24) is 29.0 Å². The van der Waals surface area contributed by atoms with E-state index in [2.05, 4.69) is 42.7 Å². The van der Waals surface area contributed by atoms with Crippen molar-refractivity contribution in [1.29, 1.82) is 0 Å². The molecule has 0 saturated carbocycles. The molecule has 0 atom stereocenters. The molecule has 8 heteroatoms. The molecule has 4 aromatic heterocycles. The van der Waals surface area contributed by atoms with E-state index in [9.17, 15) is 4.79 Å². The second-order valence-electron chi connectivity index (χ2n) is 8.24. The lowest BCUT2D eigenvalue weighted by Gasteiger charge is -2.32. The summed E-state index contributed by atoms with van der Waals surface area (Å²) in [7, 11) is 0. The first kappa shape index (κ1) is 19.9. The summed E-state index contributed by atoms with van der Waals surface area (Å²) in [6.07, 6.45) is 8.54. The average molecular weight is 435 g/mol. The number of nitrogens with zero attached hydrogens (tertiary/aromatic N) is 6. The van der Waals surface area contributed by atoms with Crippen LogP contribution in [0.15, 0.2) is 41.5 Å². The molecule has 0 radical (unpaired) electrons. The maximum atomic E-state index is 13.2. The van der Waals surface area contributed by atoms with Crippen LogP contribution in [-0.2, 0) is 13.0 Å². The molecule has 0 N–H and O–H groups in total. The smallest absolute Gasteiger partial charge is 0.257 e. The summed E-state index contributed by atoms with van der Waals surface area (Å²) in [4.78, 5) is 24.2. The number of carbonyl (C=O) groups is 1. The molecular formula is C23H26N6OS. The van der Waals surface area contributed by atoms with E-state index < -0.39 is 0 Å². The molecule has 0 bridgehead atoms. The van der Waals surface area contributed by atoms with Crippen LogP contribution in [0.4, 0.5) is 0 Å². The maximum Gasteiger partial charge on any atom is 0.257 e. The third-order valence-electron chi connectivity index (χ3n) is 6.19. The molecule has 5 heterocycles. The molecule has 0 unspecified atom stereocenters. The van der Waals surface area contributed by atoms with Crippen LogP contribution in [0, 0.1) is 13.8 Å². The SMILES string of the molecule is Cc1cc2ncc(C(=O)N3CCC(c4nccn4CCc4ccsc4)CC3)c(C)n2n1. The summed E-state index contributed by atoms with van der Waals surface area (Å²) < 4.78 is 4.04. The van der Waals surface area contributed by atoms with Crippen molar-refractivity contribution in [2.75, 3.05) is 13.1 Å². The van der Waals surface area contributed by atoms with Crippen molar-refractivity contribution in [2.24, 2.45) is 0 Å². The van der Waals surface area contributed by atoms with Gasteiger partial charge in [-0.15, -0.1) is 0 Å². The number of amides is 1. The number of carbonyl (C=O) groups excluding carboxylic acids is 1. The van der Waals surface area contributed by atoms with Gasteiger partial charge in [0.1, 0.15) is 5.82 Å². The van der Waals surface area contributed by atoms with Gasteiger partial charge in [0, 0.05) is 50.2 Å². The Balaban J connectivity index is 1.25. The number of hydrogen-bond donors (Lipinski definition) is 0. The molecule has 160 valence electrons. The zero-order valence-electron chi connectivity index (χ0n) is 17.9. The highest BCUT2D eigenvalue weighted by atomic mass is 32.1. The largest absolute Gasteiger partial charge is 0.338 e. The van der Waals surface area contributed by atoms with Crippen molar-refractivity contribution < 1.29 is 4.79 Å². The lowest BCUT2D eigenvalue weighted by atomic mass is 9.95. The molecule has 0 aliphatic carbocycles. The zero-order chi connectivity index (χ0) is 21.4. The van der Waals surface area contributed by atoms with E-state index in [0.29, 0.717) is 11.5 Å². The Hall–Kier alpha value is -3.00. The van der Waals surface area contributed by atoms with E-state index in [4.69, 9.17) is 0 Å². The fourth-order valence-electron chi connectivity index (χ4n) is 4.44. The number of aryl methyl sites for hydroxylation is 4. The zero-order valence-corrected chi connectivity index (χ0v) is 18.7. The van der Waals surface area contributed by atoms with Gasteiger partial charge in [-0.1, -0.05) is 0 Å². The highest BCUT2D eigenvalue weighted by Crippen LogP contribution is 2.28. The van der Waals surface area contributed by atoms with Crippen LogP contribution in [-0.4, -0.2) is 48.0 Å². The molecule has 1 fully saturated rings. The number of thiophene rings is 1. The van der Waals surface area contributed by atoms with Crippen molar-refractivity contribution in [3.8, 4) is 0 Å². The van der Waals surface area contributed by atoms with Gasteiger partial charge in [-0.25, -0.2) is 14.5 Å². The topological polar surface area (TPSA) is 68.3 Å². The van der Waals surface area contributed by atoms with Crippen LogP contribution in [0.2, 0.25) is 0 Å². The highest BCUT2D eigenvalue weighted by Gasteiger charge is 2.28. The summed E-state index contributed by atoms with van der Waals surface area (Å²) in [5.74, 6) is 1.57. The number of fused-ring (bicyclic) bond motifs is 1. The quantitative estimate of drug-likeness (QED) is 0.478. The molecule has 1 saturated heterocycles. The summed E-state index contributed by atoms with van der Waals surface area (Å²) in [6.45, 7) is 6.28. The average Bonchev–Trinajstić information content (AvgIpc) is 3.53. The van der Waals surface area contributed by atoms with Crippen LogP contribution in [0.25, 0.3) is 5.65 Å². The molecule has 0 spiro atoms. The third kappa shape index (κ3) is 3.87. The fourth-order valence-corrected chi connectivity index (χ4v) is 5.14. The molecule has 4 aromatic rings. The van der Waals surface area contributed by atoms with E-state index in [1.807, 2.05) is 31.0 Å².